The van der Waals surface area contributed by atoms with Crippen LogP contribution in [0.25, 0.3) is 0 Å². The standard InChI is InChI=1S/C9H15O2Si2/c1-12(11-13(2,3)10)9-7-5-4-6-8-9/h4-8,12H,1-3H3. The van der Waals surface area contributed by atoms with Gasteiger partial charge in [0.2, 0.25) is 0 Å². The van der Waals surface area contributed by atoms with Crippen LogP contribution < -0.4 is 5.19 Å². The Kier molecular flexibility index (Phi) is 3.43. The molecule has 0 fully saturated rings. The summed E-state index contributed by atoms with van der Waals surface area (Å²) < 4.78 is 5.55. The summed E-state index contributed by atoms with van der Waals surface area (Å²) in [7, 11) is -4.03. The molecule has 2 nitrogen and oxygen atoms in total. The normalized spacial score (nSPS) is 14.2. The van der Waals surface area contributed by atoms with E-state index in [2.05, 4.69) is 6.55 Å². The molecule has 71 valence electrons. The molecule has 1 rings (SSSR count). The average molecular weight is 211 g/mol. The zero-order valence-electron chi connectivity index (χ0n) is 8.28. The lowest BCUT2D eigenvalue weighted by Gasteiger charge is -2.19. The largest absolute Gasteiger partial charge is 0.433 e. The van der Waals surface area contributed by atoms with Gasteiger partial charge in [0.15, 0.2) is 9.04 Å². The van der Waals surface area contributed by atoms with Gasteiger partial charge >= 0.3 is 8.56 Å². The molecule has 1 atom stereocenters. The second kappa shape index (κ2) is 4.19. The highest BCUT2D eigenvalue weighted by Crippen LogP contribution is 2.02. The molecule has 13 heavy (non-hydrogen) atoms. The molecule has 0 N–H and O–H groups in total. The van der Waals surface area contributed by atoms with Crippen LogP contribution in [0.5, 0.6) is 0 Å². The Morgan fingerprint density at radius 2 is 1.77 bits per heavy atom. The van der Waals surface area contributed by atoms with Crippen LogP contribution >= 0.6 is 0 Å². The lowest BCUT2D eigenvalue weighted by atomic mass is 10.4. The molecule has 0 heterocycles. The molecule has 1 radical (unpaired) electrons. The van der Waals surface area contributed by atoms with Gasteiger partial charge in [0.1, 0.15) is 0 Å². The van der Waals surface area contributed by atoms with Gasteiger partial charge in [-0.15, -0.1) is 0 Å². The highest BCUT2D eigenvalue weighted by molar-refractivity contribution is 6.78. The minimum atomic E-state index is -2.59. The predicted octanol–water partition coefficient (Wildman–Crippen LogP) is 1.40. The summed E-state index contributed by atoms with van der Waals surface area (Å²) in [5.41, 5.74) is 0. The topological polar surface area (TPSA) is 29.1 Å². The zero-order chi connectivity index (χ0) is 9.90. The van der Waals surface area contributed by atoms with Crippen molar-refractivity contribution in [3.8, 4) is 0 Å². The monoisotopic (exact) mass is 211 g/mol. The van der Waals surface area contributed by atoms with E-state index in [-0.39, 0.29) is 0 Å². The van der Waals surface area contributed by atoms with Crippen molar-refractivity contribution in [2.75, 3.05) is 0 Å². The lowest BCUT2D eigenvalue weighted by Crippen LogP contribution is -2.41. The lowest BCUT2D eigenvalue weighted by molar-refractivity contribution is 0.326. The SMILES string of the molecule is C[SiH](O[Si](C)(C)[O])c1ccccc1. The molecule has 1 aromatic rings. The van der Waals surface area contributed by atoms with E-state index in [1.165, 1.54) is 5.19 Å². The van der Waals surface area contributed by atoms with E-state index in [9.17, 15) is 4.80 Å². The Morgan fingerprint density at radius 1 is 1.23 bits per heavy atom. The van der Waals surface area contributed by atoms with Gasteiger partial charge in [0.25, 0.3) is 0 Å². The highest BCUT2D eigenvalue weighted by Gasteiger charge is 2.25. The van der Waals surface area contributed by atoms with Crippen molar-refractivity contribution in [3.05, 3.63) is 30.3 Å². The smallest absolute Gasteiger partial charge is 0.357 e. The Hall–Kier alpha value is -0.426. The van der Waals surface area contributed by atoms with Gasteiger partial charge in [0, 0.05) is 0 Å². The third kappa shape index (κ3) is 3.86. The summed E-state index contributed by atoms with van der Waals surface area (Å²) in [6, 6.07) is 10.0. The molecule has 0 spiro atoms. The maximum absolute atomic E-state index is 11.4. The molecule has 0 bridgehead atoms. The highest BCUT2D eigenvalue weighted by atomic mass is 28.4. The van der Waals surface area contributed by atoms with Crippen molar-refractivity contribution >= 4 is 22.8 Å². The van der Waals surface area contributed by atoms with Crippen LogP contribution in [0.4, 0.5) is 0 Å². The third-order valence-electron chi connectivity index (χ3n) is 1.73. The van der Waals surface area contributed by atoms with Crippen LogP contribution in [-0.2, 0) is 8.91 Å². The first-order chi connectivity index (χ1) is 5.99. The van der Waals surface area contributed by atoms with Gasteiger partial charge in [-0.1, -0.05) is 30.3 Å². The van der Waals surface area contributed by atoms with Gasteiger partial charge in [-0.25, -0.2) is 0 Å². The Labute approximate surface area is 82.2 Å². The predicted molar refractivity (Wildman–Crippen MR) is 58.3 cm³/mol. The Bertz CT molecular complexity index is 256. The summed E-state index contributed by atoms with van der Waals surface area (Å²) in [6.45, 7) is 5.45. The quantitative estimate of drug-likeness (QED) is 0.695. The average Bonchev–Trinajstić information content (AvgIpc) is 2.03. The van der Waals surface area contributed by atoms with E-state index in [4.69, 9.17) is 4.12 Å². The van der Waals surface area contributed by atoms with Crippen LogP contribution in [0.1, 0.15) is 0 Å². The molecular weight excluding hydrogens is 196 g/mol. The molecule has 0 saturated heterocycles. The second-order valence-electron chi connectivity index (χ2n) is 3.57. The number of hydrogen-bond acceptors (Lipinski definition) is 1. The van der Waals surface area contributed by atoms with Crippen molar-refractivity contribution < 1.29 is 8.91 Å². The first kappa shape index (κ1) is 10.7. The van der Waals surface area contributed by atoms with Gasteiger partial charge in [-0.2, -0.15) is 0 Å². The van der Waals surface area contributed by atoms with Crippen molar-refractivity contribution in [1.82, 2.24) is 0 Å². The maximum atomic E-state index is 11.4. The molecule has 1 aromatic carbocycles. The van der Waals surface area contributed by atoms with Crippen LogP contribution in [0.15, 0.2) is 30.3 Å². The number of benzene rings is 1. The molecule has 0 aliphatic rings. The van der Waals surface area contributed by atoms with Crippen LogP contribution in [0, 0.1) is 0 Å². The molecule has 0 aliphatic heterocycles. The van der Waals surface area contributed by atoms with Crippen LogP contribution in [0.2, 0.25) is 19.6 Å². The number of rotatable bonds is 3. The van der Waals surface area contributed by atoms with E-state index in [1.54, 1.807) is 13.1 Å². The summed E-state index contributed by atoms with van der Waals surface area (Å²) in [4.78, 5) is 11.4. The van der Waals surface area contributed by atoms with E-state index >= 15 is 0 Å². The van der Waals surface area contributed by atoms with Crippen LogP contribution in [-0.4, -0.2) is 17.6 Å². The first-order valence-electron chi connectivity index (χ1n) is 4.42. The van der Waals surface area contributed by atoms with Gasteiger partial charge in [-0.05, 0) is 24.8 Å². The van der Waals surface area contributed by atoms with E-state index in [0.717, 1.165) is 0 Å². The fourth-order valence-electron chi connectivity index (χ4n) is 1.22. The summed E-state index contributed by atoms with van der Waals surface area (Å²) in [5.74, 6) is 0. The zero-order valence-corrected chi connectivity index (χ0v) is 10.4. The minimum Gasteiger partial charge on any atom is -0.433 e. The fourth-order valence-corrected chi connectivity index (χ4v) is 5.93. The second-order valence-corrected chi connectivity index (χ2v) is 9.26. The number of hydrogen-bond donors (Lipinski definition) is 0. The summed E-state index contributed by atoms with van der Waals surface area (Å²) >= 11 is 0. The van der Waals surface area contributed by atoms with Crippen LogP contribution in [0.3, 0.4) is 0 Å². The summed E-state index contributed by atoms with van der Waals surface area (Å²) in [5, 5.41) is 1.21. The minimum absolute atomic E-state index is 1.21. The van der Waals surface area contributed by atoms with Gasteiger partial charge in [-0.3, -0.25) is 4.80 Å². The van der Waals surface area contributed by atoms with E-state index in [0.29, 0.717) is 0 Å². The molecular formula is C9H15O2Si2. The van der Waals surface area contributed by atoms with Crippen molar-refractivity contribution in [3.63, 3.8) is 0 Å². The maximum Gasteiger partial charge on any atom is 0.357 e. The van der Waals surface area contributed by atoms with Gasteiger partial charge in [0.05, 0.1) is 0 Å². The Morgan fingerprint density at radius 3 is 2.23 bits per heavy atom. The summed E-state index contributed by atoms with van der Waals surface area (Å²) in [6.07, 6.45) is 0. The molecule has 0 amide bonds. The molecule has 1 unspecified atom stereocenters. The molecule has 0 aliphatic carbocycles. The van der Waals surface area contributed by atoms with Crippen molar-refractivity contribution in [2.24, 2.45) is 0 Å². The molecule has 0 saturated carbocycles. The molecule has 4 heteroatoms. The fraction of sp³-hybridized carbons (Fsp3) is 0.333. The van der Waals surface area contributed by atoms with E-state index in [1.807, 2.05) is 30.3 Å². The first-order valence-corrected chi connectivity index (χ1v) is 9.44. The van der Waals surface area contributed by atoms with Crippen molar-refractivity contribution in [1.29, 1.82) is 0 Å². The van der Waals surface area contributed by atoms with Gasteiger partial charge < -0.3 is 4.12 Å². The Balaban J connectivity index is 2.64. The third-order valence-corrected chi connectivity index (χ3v) is 6.74. The van der Waals surface area contributed by atoms with E-state index < -0.39 is 17.6 Å². The molecule has 0 aromatic heterocycles. The van der Waals surface area contributed by atoms with Crippen molar-refractivity contribution in [2.45, 2.75) is 19.6 Å².